The van der Waals surface area contributed by atoms with Crippen LogP contribution in [0.25, 0.3) is 11.1 Å². The number of fused-ring (bicyclic) bond motifs is 4. The summed E-state index contributed by atoms with van der Waals surface area (Å²) in [5, 5.41) is 0. The van der Waals surface area contributed by atoms with Gasteiger partial charge in [-0.15, -0.1) is 0 Å². The van der Waals surface area contributed by atoms with E-state index in [1.807, 2.05) is 24.3 Å². The van der Waals surface area contributed by atoms with Crippen molar-refractivity contribution < 1.29 is 76.0 Å². The highest BCUT2D eigenvalue weighted by Gasteiger charge is 2.34. The maximum absolute atomic E-state index is 12.6. The zero-order valence-electron chi connectivity index (χ0n) is 39.5. The lowest BCUT2D eigenvalue weighted by Crippen LogP contribution is -2.33. The van der Waals surface area contributed by atoms with Gasteiger partial charge in [-0.3, -0.25) is 14.5 Å². The van der Waals surface area contributed by atoms with Crippen LogP contribution in [0.2, 0.25) is 0 Å². The van der Waals surface area contributed by atoms with Crippen molar-refractivity contribution >= 4 is 17.9 Å². The number of rotatable bonds is 41. The first-order valence-electron chi connectivity index (χ1n) is 23.5. The minimum Gasteiger partial charge on any atom is -0.448 e. The van der Waals surface area contributed by atoms with Gasteiger partial charge in [0.2, 0.25) is 0 Å². The summed E-state index contributed by atoms with van der Waals surface area (Å²) in [6, 6.07) is 23.4. The van der Waals surface area contributed by atoms with Gasteiger partial charge in [0.15, 0.2) is 0 Å². The molecule has 0 unspecified atom stereocenters. The quantitative estimate of drug-likeness (QED) is 0.0579. The second kappa shape index (κ2) is 34.0. The number of amides is 3. The third-order valence-corrected chi connectivity index (χ3v) is 10.6. The van der Waals surface area contributed by atoms with Crippen LogP contribution < -0.4 is 0 Å². The van der Waals surface area contributed by atoms with Crippen LogP contribution in [0.15, 0.2) is 72.8 Å². The second-order valence-corrected chi connectivity index (χ2v) is 15.4. The molecule has 0 fully saturated rings. The van der Waals surface area contributed by atoms with Crippen molar-refractivity contribution in [3.63, 3.8) is 0 Å². The second-order valence-electron chi connectivity index (χ2n) is 15.4. The van der Waals surface area contributed by atoms with Crippen LogP contribution in [0.1, 0.15) is 37.8 Å². The smallest absolute Gasteiger partial charge is 0.409 e. The van der Waals surface area contributed by atoms with Crippen molar-refractivity contribution in [3.05, 3.63) is 95.1 Å². The minimum atomic E-state index is -0.371. The SMILES string of the molecule is CN(CCOCCOCCOCCOCCOCCOCCOCCOCCOCCOCCOCCOCCN1C(=O)c2ccccc2C1=O)C(=O)OCC1c2ccccc2-c2ccccc21. The van der Waals surface area contributed by atoms with Gasteiger partial charge >= 0.3 is 6.09 Å². The van der Waals surface area contributed by atoms with Crippen molar-refractivity contribution in [2.24, 2.45) is 0 Å². The number of carbonyl (C=O) groups is 3. The van der Waals surface area contributed by atoms with Gasteiger partial charge in [-0.1, -0.05) is 60.7 Å². The lowest BCUT2D eigenvalue weighted by atomic mass is 9.98. The minimum absolute atomic E-state index is 0.0303. The lowest BCUT2D eigenvalue weighted by molar-refractivity contribution is -0.0285. The van der Waals surface area contributed by atoms with E-state index >= 15 is 0 Å². The summed E-state index contributed by atoms with van der Waals surface area (Å²) in [4.78, 5) is 40.1. The molecular weight excluding hydrogens is 885 g/mol. The Labute approximate surface area is 400 Å². The predicted octanol–water partition coefficient (Wildman–Crippen LogP) is 4.36. The van der Waals surface area contributed by atoms with E-state index < -0.39 is 0 Å². The van der Waals surface area contributed by atoms with Crippen LogP contribution in [0, 0.1) is 0 Å². The first-order chi connectivity index (χ1) is 33.6. The molecule has 0 atom stereocenters. The highest BCUT2D eigenvalue weighted by atomic mass is 16.6. The third kappa shape index (κ3) is 19.9. The Hall–Kier alpha value is -4.41. The van der Waals surface area contributed by atoms with Crippen LogP contribution in [-0.2, 0) is 61.6 Å². The first kappa shape index (κ1) is 54.5. The molecule has 3 amide bonds. The van der Waals surface area contributed by atoms with Gasteiger partial charge in [0.05, 0.1) is 176 Å². The van der Waals surface area contributed by atoms with Crippen LogP contribution in [0.5, 0.6) is 0 Å². The fraction of sp³-hybridized carbons (Fsp3) is 0.580. The zero-order chi connectivity index (χ0) is 47.7. The number of ether oxygens (including phenoxy) is 13. The molecule has 18 nitrogen and oxygen atoms in total. The highest BCUT2D eigenvalue weighted by Crippen LogP contribution is 2.44. The van der Waals surface area contributed by atoms with Crippen LogP contribution in [-0.4, -0.2) is 213 Å². The van der Waals surface area contributed by atoms with Gasteiger partial charge in [0.25, 0.3) is 11.8 Å². The van der Waals surface area contributed by atoms with E-state index in [9.17, 15) is 14.4 Å². The van der Waals surface area contributed by atoms with E-state index in [-0.39, 0.29) is 37.0 Å². The molecule has 3 aromatic carbocycles. The van der Waals surface area contributed by atoms with E-state index in [0.29, 0.717) is 176 Å². The van der Waals surface area contributed by atoms with Crippen LogP contribution in [0.4, 0.5) is 4.79 Å². The summed E-state index contributed by atoms with van der Waals surface area (Å²) in [6.07, 6.45) is -0.371. The van der Waals surface area contributed by atoms with Crippen molar-refractivity contribution in [1.29, 1.82) is 0 Å². The molecule has 376 valence electrons. The molecule has 0 saturated heterocycles. The van der Waals surface area contributed by atoms with Crippen molar-refractivity contribution in [2.75, 3.05) is 185 Å². The summed E-state index contributed by atoms with van der Waals surface area (Å²) < 4.78 is 72.0. The highest BCUT2D eigenvalue weighted by molar-refractivity contribution is 6.21. The maximum Gasteiger partial charge on any atom is 0.409 e. The van der Waals surface area contributed by atoms with Gasteiger partial charge in [-0.25, -0.2) is 4.79 Å². The molecule has 68 heavy (non-hydrogen) atoms. The molecule has 1 aliphatic carbocycles. The topological polar surface area (TPSA) is 178 Å². The summed E-state index contributed by atoms with van der Waals surface area (Å²) in [7, 11) is 1.71. The average molecular weight is 955 g/mol. The maximum atomic E-state index is 12.6. The van der Waals surface area contributed by atoms with Gasteiger partial charge < -0.3 is 66.5 Å². The van der Waals surface area contributed by atoms with Crippen LogP contribution in [0.3, 0.4) is 0 Å². The van der Waals surface area contributed by atoms with Crippen LogP contribution >= 0.6 is 0 Å². The number of hydrogen-bond acceptors (Lipinski definition) is 16. The van der Waals surface area contributed by atoms with Gasteiger partial charge in [0, 0.05) is 19.5 Å². The van der Waals surface area contributed by atoms with Gasteiger partial charge in [-0.2, -0.15) is 0 Å². The Morgan fingerprint density at radius 1 is 0.412 bits per heavy atom. The number of likely N-dealkylation sites (N-methyl/N-ethyl adjacent to an activating group) is 1. The summed E-state index contributed by atoms with van der Waals surface area (Å²) >= 11 is 0. The first-order valence-corrected chi connectivity index (χ1v) is 23.5. The Bertz CT molecular complexity index is 1790. The molecule has 1 aliphatic heterocycles. The van der Waals surface area contributed by atoms with E-state index in [2.05, 4.69) is 24.3 Å². The van der Waals surface area contributed by atoms with Crippen molar-refractivity contribution in [2.45, 2.75) is 5.92 Å². The third-order valence-electron chi connectivity index (χ3n) is 10.6. The molecular formula is C50H70N2O16. The molecule has 3 aromatic rings. The van der Waals surface area contributed by atoms with E-state index in [1.165, 1.54) is 32.1 Å². The van der Waals surface area contributed by atoms with E-state index in [0.717, 1.165) is 0 Å². The number of nitrogens with zero attached hydrogens (tertiary/aromatic N) is 2. The number of benzene rings is 3. The van der Waals surface area contributed by atoms with E-state index in [1.54, 1.807) is 31.3 Å². The molecule has 0 radical (unpaired) electrons. The normalized spacial score (nSPS) is 13.0. The Morgan fingerprint density at radius 3 is 1.03 bits per heavy atom. The predicted molar refractivity (Wildman–Crippen MR) is 249 cm³/mol. The zero-order valence-corrected chi connectivity index (χ0v) is 39.5. The number of imide groups is 1. The standard InChI is InChI=1S/C50H70N2O16/c1-51(50(55)68-40-47-43-10-4-2-8-41(43)42-9-3-5-11-44(42)47)14-16-56-18-20-58-22-24-60-26-28-62-30-32-64-34-36-66-38-39-67-37-35-65-33-31-63-29-27-61-25-23-59-21-19-57-17-15-52-48(53)45-12-6-7-13-46(45)49(52)54/h2-13,47H,14-40H2,1H3. The summed E-state index contributed by atoms with van der Waals surface area (Å²) in [5.74, 6) is -0.535. The molecule has 18 heteroatoms. The summed E-state index contributed by atoms with van der Waals surface area (Å²) in [5.41, 5.74) is 5.65. The van der Waals surface area contributed by atoms with Gasteiger partial charge in [0.1, 0.15) is 6.61 Å². The molecule has 2 aliphatic rings. The molecule has 1 heterocycles. The lowest BCUT2D eigenvalue weighted by Gasteiger charge is -2.19. The average Bonchev–Trinajstić information content (AvgIpc) is 3.81. The monoisotopic (exact) mass is 954 g/mol. The number of hydrogen-bond donors (Lipinski definition) is 0. The molecule has 0 N–H and O–H groups in total. The van der Waals surface area contributed by atoms with E-state index in [4.69, 9.17) is 61.6 Å². The fourth-order valence-corrected chi connectivity index (χ4v) is 7.12. The molecule has 0 spiro atoms. The van der Waals surface area contributed by atoms with Crippen molar-refractivity contribution in [3.8, 4) is 11.1 Å². The Kier molecular flexibility index (Phi) is 27.2. The van der Waals surface area contributed by atoms with Crippen molar-refractivity contribution in [1.82, 2.24) is 9.80 Å². The largest absolute Gasteiger partial charge is 0.448 e. The molecule has 0 aromatic heterocycles. The Morgan fingerprint density at radius 2 is 0.691 bits per heavy atom. The number of carbonyl (C=O) groups excluding carboxylic acids is 3. The molecule has 5 rings (SSSR count). The molecule has 0 saturated carbocycles. The molecule has 0 bridgehead atoms. The summed E-state index contributed by atoms with van der Waals surface area (Å²) in [6.45, 7) is 11.5. The Balaban J connectivity index is 0.660. The fourth-order valence-electron chi connectivity index (χ4n) is 7.12. The van der Waals surface area contributed by atoms with Gasteiger partial charge in [-0.05, 0) is 34.4 Å².